The molecule has 0 atom stereocenters. The number of carbonyl (C=O) groups excluding carboxylic acids is 1. The van der Waals surface area contributed by atoms with Crippen LogP contribution in [0.2, 0.25) is 0 Å². The van der Waals surface area contributed by atoms with E-state index in [0.29, 0.717) is 6.54 Å². The Morgan fingerprint density at radius 1 is 1.35 bits per heavy atom. The summed E-state index contributed by atoms with van der Waals surface area (Å²) in [4.78, 5) is 16.5. The van der Waals surface area contributed by atoms with Gasteiger partial charge in [-0.3, -0.25) is 4.79 Å². The molecule has 0 unspecified atom stereocenters. The lowest BCUT2D eigenvalue weighted by atomic mass is 10.0. The minimum atomic E-state index is -0.0558. The van der Waals surface area contributed by atoms with Gasteiger partial charge in [-0.25, -0.2) is 4.98 Å². The van der Waals surface area contributed by atoms with E-state index in [2.05, 4.69) is 15.6 Å². The molecule has 2 rings (SSSR count). The third kappa shape index (κ3) is 3.45. The zero-order valence-electron chi connectivity index (χ0n) is 11.9. The molecule has 106 valence electrons. The van der Waals surface area contributed by atoms with E-state index < -0.39 is 0 Å². The Bertz CT molecular complexity index is 577. The number of nitrogens with zero attached hydrogens (tertiary/aromatic N) is 2. The second kappa shape index (κ2) is 6.86. The highest BCUT2D eigenvalue weighted by atomic mass is 16.1. The SMILES string of the molecule is CNCCc1ccccc1C(=O)NCc1nccn1C. The van der Waals surface area contributed by atoms with Crippen LogP contribution in [0.25, 0.3) is 0 Å². The molecular weight excluding hydrogens is 252 g/mol. The van der Waals surface area contributed by atoms with Crippen LogP contribution in [0.5, 0.6) is 0 Å². The molecule has 0 bridgehead atoms. The van der Waals surface area contributed by atoms with Gasteiger partial charge in [-0.05, 0) is 31.6 Å². The molecule has 5 nitrogen and oxygen atoms in total. The Morgan fingerprint density at radius 2 is 2.15 bits per heavy atom. The van der Waals surface area contributed by atoms with Crippen molar-refractivity contribution in [2.75, 3.05) is 13.6 Å². The molecule has 0 fully saturated rings. The Balaban J connectivity index is 2.03. The Hall–Kier alpha value is -2.14. The molecule has 1 aromatic heterocycles. The van der Waals surface area contributed by atoms with Crippen LogP contribution in [-0.2, 0) is 20.0 Å². The van der Waals surface area contributed by atoms with Gasteiger partial charge in [-0.15, -0.1) is 0 Å². The minimum Gasteiger partial charge on any atom is -0.345 e. The molecule has 0 radical (unpaired) electrons. The number of aromatic nitrogens is 2. The van der Waals surface area contributed by atoms with Gasteiger partial charge in [0.05, 0.1) is 6.54 Å². The summed E-state index contributed by atoms with van der Waals surface area (Å²) in [7, 11) is 3.82. The van der Waals surface area contributed by atoms with E-state index in [0.717, 1.165) is 29.9 Å². The van der Waals surface area contributed by atoms with Gasteiger partial charge in [-0.1, -0.05) is 18.2 Å². The second-order valence-corrected chi connectivity index (χ2v) is 4.65. The van der Waals surface area contributed by atoms with Gasteiger partial charge < -0.3 is 15.2 Å². The minimum absolute atomic E-state index is 0.0558. The number of amides is 1. The molecule has 2 aromatic rings. The van der Waals surface area contributed by atoms with Crippen molar-refractivity contribution in [3.63, 3.8) is 0 Å². The fraction of sp³-hybridized carbons (Fsp3) is 0.333. The fourth-order valence-electron chi connectivity index (χ4n) is 2.04. The van der Waals surface area contributed by atoms with Gasteiger partial charge in [0.25, 0.3) is 5.91 Å². The third-order valence-electron chi connectivity index (χ3n) is 3.23. The van der Waals surface area contributed by atoms with E-state index in [1.54, 1.807) is 6.20 Å². The number of hydrogen-bond donors (Lipinski definition) is 2. The van der Waals surface area contributed by atoms with Crippen LogP contribution in [0.1, 0.15) is 21.7 Å². The quantitative estimate of drug-likeness (QED) is 0.828. The van der Waals surface area contributed by atoms with Gasteiger partial charge in [0.1, 0.15) is 5.82 Å². The van der Waals surface area contributed by atoms with Crippen LogP contribution in [0, 0.1) is 0 Å². The molecule has 0 aliphatic rings. The first kappa shape index (κ1) is 14.3. The van der Waals surface area contributed by atoms with Crippen LogP contribution in [-0.4, -0.2) is 29.1 Å². The number of nitrogens with one attached hydrogen (secondary N) is 2. The molecule has 20 heavy (non-hydrogen) atoms. The summed E-state index contributed by atoms with van der Waals surface area (Å²) >= 11 is 0. The van der Waals surface area contributed by atoms with Crippen molar-refractivity contribution in [3.8, 4) is 0 Å². The highest BCUT2D eigenvalue weighted by Crippen LogP contribution is 2.09. The number of likely N-dealkylation sites (N-methyl/N-ethyl adjacent to an activating group) is 1. The van der Waals surface area contributed by atoms with Gasteiger partial charge in [-0.2, -0.15) is 0 Å². The normalized spacial score (nSPS) is 10.5. The van der Waals surface area contributed by atoms with Gasteiger partial charge in [0, 0.05) is 25.0 Å². The Labute approximate surface area is 119 Å². The number of imidazole rings is 1. The first-order chi connectivity index (χ1) is 9.72. The van der Waals surface area contributed by atoms with Crippen molar-refractivity contribution in [3.05, 3.63) is 53.6 Å². The highest BCUT2D eigenvalue weighted by molar-refractivity contribution is 5.95. The number of benzene rings is 1. The lowest BCUT2D eigenvalue weighted by molar-refractivity contribution is 0.0948. The molecule has 1 aromatic carbocycles. The van der Waals surface area contributed by atoms with Crippen molar-refractivity contribution >= 4 is 5.91 Å². The Kier molecular flexibility index (Phi) is 4.90. The first-order valence-electron chi connectivity index (χ1n) is 6.69. The number of carbonyl (C=O) groups is 1. The maximum Gasteiger partial charge on any atom is 0.251 e. The topological polar surface area (TPSA) is 59.0 Å². The van der Waals surface area contributed by atoms with Crippen LogP contribution in [0.3, 0.4) is 0 Å². The van der Waals surface area contributed by atoms with Crippen LogP contribution in [0.4, 0.5) is 0 Å². The fourth-order valence-corrected chi connectivity index (χ4v) is 2.04. The summed E-state index contributed by atoms with van der Waals surface area (Å²) in [5, 5.41) is 6.02. The predicted molar refractivity (Wildman–Crippen MR) is 78.5 cm³/mol. The van der Waals surface area contributed by atoms with Crippen molar-refractivity contribution < 1.29 is 4.79 Å². The number of aryl methyl sites for hydroxylation is 1. The molecular formula is C15H20N4O. The smallest absolute Gasteiger partial charge is 0.251 e. The average Bonchev–Trinajstić information content (AvgIpc) is 2.88. The zero-order chi connectivity index (χ0) is 14.4. The number of hydrogen-bond acceptors (Lipinski definition) is 3. The van der Waals surface area contributed by atoms with Crippen molar-refractivity contribution in [1.29, 1.82) is 0 Å². The van der Waals surface area contributed by atoms with Crippen LogP contribution in [0.15, 0.2) is 36.7 Å². The van der Waals surface area contributed by atoms with Gasteiger partial charge in [0.2, 0.25) is 0 Å². The molecule has 2 N–H and O–H groups in total. The summed E-state index contributed by atoms with van der Waals surface area (Å²) in [5.41, 5.74) is 1.79. The van der Waals surface area contributed by atoms with E-state index in [4.69, 9.17) is 0 Å². The van der Waals surface area contributed by atoms with E-state index in [-0.39, 0.29) is 5.91 Å². The molecule has 1 amide bonds. The Morgan fingerprint density at radius 3 is 2.85 bits per heavy atom. The van der Waals surface area contributed by atoms with Gasteiger partial charge in [0.15, 0.2) is 0 Å². The largest absolute Gasteiger partial charge is 0.345 e. The number of rotatable bonds is 6. The summed E-state index contributed by atoms with van der Waals surface area (Å²) in [6.07, 6.45) is 4.42. The maximum absolute atomic E-state index is 12.3. The average molecular weight is 272 g/mol. The molecule has 0 saturated heterocycles. The molecule has 0 spiro atoms. The zero-order valence-corrected chi connectivity index (χ0v) is 11.9. The summed E-state index contributed by atoms with van der Waals surface area (Å²) in [6, 6.07) is 7.70. The van der Waals surface area contributed by atoms with Crippen LogP contribution < -0.4 is 10.6 Å². The molecule has 5 heteroatoms. The third-order valence-corrected chi connectivity index (χ3v) is 3.23. The standard InChI is InChI=1S/C15H20N4O/c1-16-8-7-12-5-3-4-6-13(12)15(20)18-11-14-17-9-10-19(14)2/h3-6,9-10,16H,7-8,11H2,1-2H3,(H,18,20). The van der Waals surface area contributed by atoms with E-state index in [9.17, 15) is 4.79 Å². The highest BCUT2D eigenvalue weighted by Gasteiger charge is 2.11. The van der Waals surface area contributed by atoms with E-state index in [1.807, 2.05) is 49.1 Å². The first-order valence-corrected chi connectivity index (χ1v) is 6.69. The van der Waals surface area contributed by atoms with Crippen LogP contribution >= 0.6 is 0 Å². The molecule has 1 heterocycles. The second-order valence-electron chi connectivity index (χ2n) is 4.65. The lowest BCUT2D eigenvalue weighted by Gasteiger charge is -2.10. The van der Waals surface area contributed by atoms with Crippen molar-refractivity contribution in [2.24, 2.45) is 7.05 Å². The van der Waals surface area contributed by atoms with Crippen molar-refractivity contribution in [1.82, 2.24) is 20.2 Å². The lowest BCUT2D eigenvalue weighted by Crippen LogP contribution is -2.26. The van der Waals surface area contributed by atoms with E-state index >= 15 is 0 Å². The van der Waals surface area contributed by atoms with Crippen molar-refractivity contribution in [2.45, 2.75) is 13.0 Å². The molecule has 0 aliphatic heterocycles. The predicted octanol–water partition coefficient (Wildman–Crippen LogP) is 1.11. The monoisotopic (exact) mass is 272 g/mol. The maximum atomic E-state index is 12.3. The summed E-state index contributed by atoms with van der Waals surface area (Å²) < 4.78 is 1.90. The summed E-state index contributed by atoms with van der Waals surface area (Å²) in [5.74, 6) is 0.783. The van der Waals surface area contributed by atoms with Gasteiger partial charge >= 0.3 is 0 Å². The van der Waals surface area contributed by atoms with E-state index in [1.165, 1.54) is 0 Å². The summed E-state index contributed by atoms with van der Waals surface area (Å²) in [6.45, 7) is 1.28. The molecule has 0 saturated carbocycles. The molecule has 0 aliphatic carbocycles.